The first-order valence-corrected chi connectivity index (χ1v) is 5.30. The molecule has 0 radical (unpaired) electrons. The van der Waals surface area contributed by atoms with E-state index in [1.54, 1.807) is 13.8 Å². The van der Waals surface area contributed by atoms with Crippen molar-refractivity contribution in [3.63, 3.8) is 0 Å². The monoisotopic (exact) mass is 255 g/mol. The number of amides is 1. The lowest BCUT2D eigenvalue weighted by Crippen LogP contribution is -2.46. The van der Waals surface area contributed by atoms with Crippen LogP contribution < -0.4 is 5.32 Å². The molecule has 1 unspecified atom stereocenters. The zero-order valence-corrected chi connectivity index (χ0v) is 9.93. The lowest BCUT2D eigenvalue weighted by molar-refractivity contribution is -0.176. The van der Waals surface area contributed by atoms with Gasteiger partial charge in [0, 0.05) is 0 Å². The van der Waals surface area contributed by atoms with E-state index in [-0.39, 0.29) is 6.10 Å². The fourth-order valence-electron chi connectivity index (χ4n) is 1.06. The molecule has 0 spiro atoms. The first kappa shape index (κ1) is 15.7. The zero-order valence-electron chi connectivity index (χ0n) is 9.93. The van der Waals surface area contributed by atoms with E-state index in [1.165, 1.54) is 5.32 Å². The third-order valence-corrected chi connectivity index (χ3v) is 2.15. The third kappa shape index (κ3) is 5.55. The van der Waals surface area contributed by atoms with Gasteiger partial charge in [0.1, 0.15) is 12.1 Å². The van der Waals surface area contributed by atoms with Crippen molar-refractivity contribution in [3.8, 4) is 0 Å². The zero-order chi connectivity index (χ0) is 13.6. The van der Waals surface area contributed by atoms with Crippen molar-refractivity contribution >= 4 is 11.9 Å². The second-order valence-corrected chi connectivity index (χ2v) is 3.57. The first-order chi connectivity index (χ1) is 7.72. The molecular formula is C10H16F3NO3. The van der Waals surface area contributed by atoms with Crippen LogP contribution in [0.3, 0.4) is 0 Å². The minimum Gasteiger partial charge on any atom is -0.461 e. The Morgan fingerprint density at radius 1 is 1.24 bits per heavy atom. The summed E-state index contributed by atoms with van der Waals surface area (Å²) >= 11 is 0. The van der Waals surface area contributed by atoms with Crippen LogP contribution in [0.5, 0.6) is 0 Å². The highest BCUT2D eigenvalue weighted by atomic mass is 19.4. The second kappa shape index (κ2) is 6.46. The van der Waals surface area contributed by atoms with Gasteiger partial charge in [-0.1, -0.05) is 13.8 Å². The van der Waals surface area contributed by atoms with E-state index >= 15 is 0 Å². The van der Waals surface area contributed by atoms with Crippen molar-refractivity contribution in [1.29, 1.82) is 0 Å². The molecule has 7 heteroatoms. The molecule has 0 aromatic heterocycles. The summed E-state index contributed by atoms with van der Waals surface area (Å²) in [5, 5.41) is 1.53. The lowest BCUT2D eigenvalue weighted by Gasteiger charge is -2.18. The fourth-order valence-corrected chi connectivity index (χ4v) is 1.06. The summed E-state index contributed by atoms with van der Waals surface area (Å²) in [5.74, 6) is -3.01. The van der Waals surface area contributed by atoms with Gasteiger partial charge in [-0.25, -0.2) is 4.79 Å². The SMILES string of the molecule is CCC(CC)OC(=O)C(C)NC(=O)C(F)(F)F. The number of alkyl halides is 3. The van der Waals surface area contributed by atoms with Gasteiger partial charge in [0.2, 0.25) is 0 Å². The molecule has 1 N–H and O–H groups in total. The molecular weight excluding hydrogens is 239 g/mol. The van der Waals surface area contributed by atoms with Gasteiger partial charge in [0.15, 0.2) is 0 Å². The number of carbonyl (C=O) groups is 2. The van der Waals surface area contributed by atoms with Crippen molar-refractivity contribution in [1.82, 2.24) is 5.32 Å². The summed E-state index contributed by atoms with van der Waals surface area (Å²) in [6, 6.07) is -1.32. The molecule has 0 aromatic rings. The van der Waals surface area contributed by atoms with Crippen molar-refractivity contribution in [2.45, 2.75) is 51.9 Å². The topological polar surface area (TPSA) is 55.4 Å². The van der Waals surface area contributed by atoms with Crippen LogP contribution in [0.25, 0.3) is 0 Å². The summed E-state index contributed by atoms with van der Waals surface area (Å²) in [6.45, 7) is 4.73. The van der Waals surface area contributed by atoms with Crippen molar-refractivity contribution < 1.29 is 27.5 Å². The molecule has 0 aliphatic carbocycles. The molecule has 0 saturated heterocycles. The molecule has 0 fully saturated rings. The van der Waals surface area contributed by atoms with E-state index in [9.17, 15) is 22.8 Å². The van der Waals surface area contributed by atoms with Crippen LogP contribution in [0, 0.1) is 0 Å². The van der Waals surface area contributed by atoms with Crippen LogP contribution in [-0.4, -0.2) is 30.2 Å². The summed E-state index contributed by atoms with van der Waals surface area (Å²) in [6.07, 6.45) is -4.19. The fraction of sp³-hybridized carbons (Fsp3) is 0.800. The van der Waals surface area contributed by atoms with Crippen molar-refractivity contribution in [2.24, 2.45) is 0 Å². The molecule has 0 aromatic carbocycles. The number of halogens is 3. The predicted molar refractivity (Wildman–Crippen MR) is 54.1 cm³/mol. The molecule has 0 aliphatic heterocycles. The number of nitrogens with one attached hydrogen (secondary N) is 1. The van der Waals surface area contributed by atoms with E-state index in [0.717, 1.165) is 6.92 Å². The highest BCUT2D eigenvalue weighted by Crippen LogP contribution is 2.14. The second-order valence-electron chi connectivity index (χ2n) is 3.57. The van der Waals surface area contributed by atoms with E-state index in [1.807, 2.05) is 0 Å². The minimum atomic E-state index is -5.00. The van der Waals surface area contributed by atoms with Gasteiger partial charge in [-0.3, -0.25) is 4.79 Å². The Hall–Kier alpha value is -1.27. The Morgan fingerprint density at radius 3 is 2.06 bits per heavy atom. The van der Waals surface area contributed by atoms with Crippen LogP contribution in [0.15, 0.2) is 0 Å². The highest BCUT2D eigenvalue weighted by molar-refractivity contribution is 5.87. The summed E-state index contributed by atoms with van der Waals surface area (Å²) < 4.78 is 40.6. The van der Waals surface area contributed by atoms with Gasteiger partial charge >= 0.3 is 18.1 Å². The summed E-state index contributed by atoms with van der Waals surface area (Å²) in [7, 11) is 0. The van der Waals surface area contributed by atoms with E-state index < -0.39 is 24.1 Å². The molecule has 0 rings (SSSR count). The minimum absolute atomic E-state index is 0.340. The normalized spacial score (nSPS) is 13.4. The maximum Gasteiger partial charge on any atom is 0.471 e. The van der Waals surface area contributed by atoms with Crippen molar-refractivity contribution in [2.75, 3.05) is 0 Å². The first-order valence-electron chi connectivity index (χ1n) is 5.30. The number of hydrogen-bond donors (Lipinski definition) is 1. The molecule has 100 valence electrons. The average molecular weight is 255 g/mol. The Kier molecular flexibility index (Phi) is 5.98. The van der Waals surface area contributed by atoms with Crippen LogP contribution in [-0.2, 0) is 14.3 Å². The third-order valence-electron chi connectivity index (χ3n) is 2.15. The molecule has 0 bridgehead atoms. The Balaban J connectivity index is 4.28. The molecule has 0 saturated carbocycles. The maximum absolute atomic E-state index is 11.9. The predicted octanol–water partition coefficient (Wildman–Crippen LogP) is 1.79. The Bertz CT molecular complexity index is 274. The van der Waals surface area contributed by atoms with Crippen molar-refractivity contribution in [3.05, 3.63) is 0 Å². The molecule has 4 nitrogen and oxygen atoms in total. The number of esters is 1. The summed E-state index contributed by atoms with van der Waals surface area (Å²) in [5.41, 5.74) is 0. The molecule has 0 aliphatic rings. The van der Waals surface area contributed by atoms with E-state index in [2.05, 4.69) is 0 Å². The van der Waals surface area contributed by atoms with Gasteiger partial charge in [-0.2, -0.15) is 13.2 Å². The smallest absolute Gasteiger partial charge is 0.461 e. The van der Waals surface area contributed by atoms with Crippen LogP contribution in [0.2, 0.25) is 0 Å². The lowest BCUT2D eigenvalue weighted by atomic mass is 10.2. The molecule has 1 atom stereocenters. The van der Waals surface area contributed by atoms with Gasteiger partial charge in [0.25, 0.3) is 0 Å². The number of carbonyl (C=O) groups excluding carboxylic acids is 2. The maximum atomic E-state index is 11.9. The Morgan fingerprint density at radius 2 is 1.71 bits per heavy atom. The van der Waals surface area contributed by atoms with Gasteiger partial charge in [-0.15, -0.1) is 0 Å². The molecule has 0 heterocycles. The largest absolute Gasteiger partial charge is 0.471 e. The standard InChI is InChI=1S/C10H16F3NO3/c1-4-7(5-2)17-8(15)6(3)14-9(16)10(11,12)13/h6-7H,4-5H2,1-3H3,(H,14,16). The molecule has 17 heavy (non-hydrogen) atoms. The quantitative estimate of drug-likeness (QED) is 0.762. The van der Waals surface area contributed by atoms with E-state index in [4.69, 9.17) is 4.74 Å². The number of ether oxygens (including phenoxy) is 1. The summed E-state index contributed by atoms with van der Waals surface area (Å²) in [4.78, 5) is 21.9. The average Bonchev–Trinajstić information content (AvgIpc) is 2.23. The van der Waals surface area contributed by atoms with Crippen LogP contribution in [0.1, 0.15) is 33.6 Å². The van der Waals surface area contributed by atoms with Crippen LogP contribution >= 0.6 is 0 Å². The van der Waals surface area contributed by atoms with Gasteiger partial charge in [-0.05, 0) is 19.8 Å². The number of rotatable bonds is 5. The Labute approximate surface area is 97.5 Å². The van der Waals surface area contributed by atoms with Gasteiger partial charge in [0.05, 0.1) is 0 Å². The highest BCUT2D eigenvalue weighted by Gasteiger charge is 2.40. The van der Waals surface area contributed by atoms with E-state index in [0.29, 0.717) is 12.8 Å². The van der Waals surface area contributed by atoms with Gasteiger partial charge < -0.3 is 10.1 Å². The van der Waals surface area contributed by atoms with Crippen LogP contribution in [0.4, 0.5) is 13.2 Å². The molecule has 1 amide bonds. The number of hydrogen-bond acceptors (Lipinski definition) is 3.